The molecule has 0 fully saturated rings. The molecule has 0 aliphatic heterocycles. The van der Waals surface area contributed by atoms with Crippen molar-refractivity contribution in [2.24, 2.45) is 5.10 Å². The van der Waals surface area contributed by atoms with Crippen molar-refractivity contribution in [2.45, 2.75) is 6.61 Å². The lowest BCUT2D eigenvalue weighted by molar-refractivity contribution is 0.0955. The lowest BCUT2D eigenvalue weighted by Gasteiger charge is -2.10. The van der Waals surface area contributed by atoms with E-state index in [0.29, 0.717) is 22.9 Å². The quantitative estimate of drug-likeness (QED) is 0.320. The molecule has 0 radical (unpaired) electrons. The molecule has 2 N–H and O–H groups in total. The molecule has 4 aromatic rings. The molecule has 0 aliphatic rings. The summed E-state index contributed by atoms with van der Waals surface area (Å²) >= 11 is 5.93. The number of nitriles is 1. The fourth-order valence-corrected chi connectivity index (χ4v) is 3.26. The highest BCUT2D eigenvalue weighted by Gasteiger charge is 2.09. The number of hydrazone groups is 1. The molecule has 1 amide bonds. The van der Waals surface area contributed by atoms with E-state index in [1.54, 1.807) is 12.3 Å². The molecule has 162 valence electrons. The number of aromatic nitrogens is 1. The number of pyridine rings is 1. The van der Waals surface area contributed by atoms with Gasteiger partial charge < -0.3 is 9.84 Å². The highest BCUT2D eigenvalue weighted by Crippen LogP contribution is 2.26. The standard InChI is InChI=1S/C25H17ClN4O3/c26-20-7-4-16(5-8-20)15-33-23-3-1-2-21-18(10-11-28-24(21)23)14-29-30-25(32)17-6-9-22(31)19(12-17)13-27/h1-12,14,31H,15H2,(H,30,32). The number of para-hydroxylation sites is 1. The van der Waals surface area contributed by atoms with Gasteiger partial charge >= 0.3 is 0 Å². The molecular formula is C25H17ClN4O3. The molecule has 0 aliphatic carbocycles. The van der Waals surface area contributed by atoms with Crippen molar-refractivity contribution in [3.05, 3.63) is 100 Å². The van der Waals surface area contributed by atoms with Crippen LogP contribution in [0.1, 0.15) is 27.0 Å². The molecule has 0 atom stereocenters. The Morgan fingerprint density at radius 2 is 2.00 bits per heavy atom. The fourth-order valence-electron chi connectivity index (χ4n) is 3.13. The molecular weight excluding hydrogens is 440 g/mol. The number of aromatic hydroxyl groups is 1. The number of carbonyl (C=O) groups is 1. The van der Waals surface area contributed by atoms with E-state index in [2.05, 4.69) is 15.5 Å². The third kappa shape index (κ3) is 5.09. The summed E-state index contributed by atoms with van der Waals surface area (Å²) in [6.45, 7) is 0.365. The van der Waals surface area contributed by atoms with Crippen molar-refractivity contribution in [3.8, 4) is 17.6 Å². The molecule has 0 spiro atoms. The van der Waals surface area contributed by atoms with Crippen LogP contribution >= 0.6 is 11.6 Å². The molecule has 1 aromatic heterocycles. The second-order valence-electron chi connectivity index (χ2n) is 7.01. The number of benzene rings is 3. The van der Waals surface area contributed by atoms with E-state index in [9.17, 15) is 9.90 Å². The number of ether oxygens (including phenoxy) is 1. The minimum absolute atomic E-state index is 0.0119. The van der Waals surface area contributed by atoms with Gasteiger partial charge in [0.1, 0.15) is 29.7 Å². The summed E-state index contributed by atoms with van der Waals surface area (Å²) in [6.07, 6.45) is 3.15. The second kappa shape index (κ2) is 9.81. The number of rotatable bonds is 6. The number of phenolic OH excluding ortho intramolecular Hbond substituents is 1. The normalized spacial score (nSPS) is 10.8. The summed E-state index contributed by atoms with van der Waals surface area (Å²) in [5.74, 6) is -0.0714. The van der Waals surface area contributed by atoms with Crippen molar-refractivity contribution in [2.75, 3.05) is 0 Å². The molecule has 1 heterocycles. The van der Waals surface area contributed by atoms with Crippen molar-refractivity contribution in [1.29, 1.82) is 5.26 Å². The molecule has 0 saturated carbocycles. The molecule has 0 bridgehead atoms. The van der Waals surface area contributed by atoms with Gasteiger partial charge in [0.05, 0.1) is 11.8 Å². The van der Waals surface area contributed by atoms with Gasteiger partial charge in [0.15, 0.2) is 0 Å². The maximum Gasteiger partial charge on any atom is 0.271 e. The second-order valence-corrected chi connectivity index (χ2v) is 7.45. The zero-order valence-electron chi connectivity index (χ0n) is 17.2. The van der Waals surface area contributed by atoms with Crippen molar-refractivity contribution in [1.82, 2.24) is 10.4 Å². The largest absolute Gasteiger partial charge is 0.507 e. The first-order valence-corrected chi connectivity index (χ1v) is 10.2. The summed E-state index contributed by atoms with van der Waals surface area (Å²) in [6, 6.07) is 20.6. The van der Waals surface area contributed by atoms with Gasteiger partial charge in [-0.05, 0) is 48.0 Å². The minimum Gasteiger partial charge on any atom is -0.507 e. The SMILES string of the molecule is N#Cc1cc(C(=O)NN=Cc2ccnc3c(OCc4ccc(Cl)cc4)cccc23)ccc1O. The van der Waals surface area contributed by atoms with E-state index >= 15 is 0 Å². The third-order valence-corrected chi connectivity index (χ3v) is 5.08. The van der Waals surface area contributed by atoms with Crippen molar-refractivity contribution in [3.63, 3.8) is 0 Å². The zero-order valence-corrected chi connectivity index (χ0v) is 18.0. The monoisotopic (exact) mass is 456 g/mol. The van der Waals surface area contributed by atoms with E-state index in [0.717, 1.165) is 16.5 Å². The maximum atomic E-state index is 12.3. The first kappa shape index (κ1) is 21.8. The number of nitrogens with one attached hydrogen (secondary N) is 1. The highest BCUT2D eigenvalue weighted by atomic mass is 35.5. The topological polar surface area (TPSA) is 108 Å². The predicted octanol–water partition coefficient (Wildman–Crippen LogP) is 4.81. The van der Waals surface area contributed by atoms with Gasteiger partial charge in [-0.3, -0.25) is 9.78 Å². The van der Waals surface area contributed by atoms with Crippen LogP contribution in [0.25, 0.3) is 10.9 Å². The highest BCUT2D eigenvalue weighted by molar-refractivity contribution is 6.30. The Labute approximate surface area is 194 Å². The smallest absolute Gasteiger partial charge is 0.271 e. The first-order chi connectivity index (χ1) is 16.0. The molecule has 4 rings (SSSR count). The number of hydrogen-bond acceptors (Lipinski definition) is 6. The number of nitrogens with zero attached hydrogens (tertiary/aromatic N) is 3. The summed E-state index contributed by atoms with van der Waals surface area (Å²) in [5, 5.41) is 24.1. The Kier molecular flexibility index (Phi) is 6.48. The van der Waals surface area contributed by atoms with Crippen LogP contribution in [0.15, 0.2) is 78.0 Å². The average Bonchev–Trinajstić information content (AvgIpc) is 2.84. The fraction of sp³-hybridized carbons (Fsp3) is 0.0400. The Hall–Kier alpha value is -4.41. The van der Waals surface area contributed by atoms with Crippen LogP contribution in [0.4, 0.5) is 0 Å². The van der Waals surface area contributed by atoms with Gasteiger partial charge in [-0.15, -0.1) is 0 Å². The van der Waals surface area contributed by atoms with Gasteiger partial charge in [-0.2, -0.15) is 10.4 Å². The molecule has 0 saturated heterocycles. The van der Waals surface area contributed by atoms with Gasteiger partial charge in [0.25, 0.3) is 5.91 Å². The Morgan fingerprint density at radius 3 is 2.79 bits per heavy atom. The van der Waals surface area contributed by atoms with E-state index in [4.69, 9.17) is 21.6 Å². The lowest BCUT2D eigenvalue weighted by Crippen LogP contribution is -2.17. The Balaban J connectivity index is 1.50. The summed E-state index contributed by atoms with van der Waals surface area (Å²) in [4.78, 5) is 16.8. The average molecular weight is 457 g/mol. The molecule has 8 heteroatoms. The zero-order chi connectivity index (χ0) is 23.2. The predicted molar refractivity (Wildman–Crippen MR) is 125 cm³/mol. The first-order valence-electron chi connectivity index (χ1n) is 9.86. The van der Waals surface area contributed by atoms with Crippen LogP contribution in [-0.4, -0.2) is 22.2 Å². The molecule has 7 nitrogen and oxygen atoms in total. The van der Waals surface area contributed by atoms with Crippen LogP contribution in [0, 0.1) is 11.3 Å². The van der Waals surface area contributed by atoms with Crippen LogP contribution in [0.5, 0.6) is 11.5 Å². The number of hydrogen-bond donors (Lipinski definition) is 2. The van der Waals surface area contributed by atoms with Crippen molar-refractivity contribution >= 4 is 34.6 Å². The van der Waals surface area contributed by atoms with Gasteiger partial charge in [-0.25, -0.2) is 5.43 Å². The van der Waals surface area contributed by atoms with Crippen molar-refractivity contribution < 1.29 is 14.6 Å². The number of carbonyl (C=O) groups excluding carboxylic acids is 1. The summed E-state index contributed by atoms with van der Waals surface area (Å²) in [5.41, 5.74) is 5.02. The number of amides is 1. The molecule has 3 aromatic carbocycles. The summed E-state index contributed by atoms with van der Waals surface area (Å²) < 4.78 is 5.97. The molecule has 0 unspecified atom stereocenters. The van der Waals surface area contributed by atoms with Crippen LogP contribution < -0.4 is 10.2 Å². The Bertz CT molecular complexity index is 1400. The minimum atomic E-state index is -0.506. The number of fused-ring (bicyclic) bond motifs is 1. The van der Waals surface area contributed by atoms with Crippen LogP contribution in [-0.2, 0) is 6.61 Å². The molecule has 33 heavy (non-hydrogen) atoms. The third-order valence-electron chi connectivity index (χ3n) is 4.82. The van der Waals surface area contributed by atoms with E-state index in [1.807, 2.05) is 48.5 Å². The maximum absolute atomic E-state index is 12.3. The lowest BCUT2D eigenvalue weighted by atomic mass is 10.1. The summed E-state index contributed by atoms with van der Waals surface area (Å²) in [7, 11) is 0. The van der Waals surface area contributed by atoms with Crippen LogP contribution in [0.3, 0.4) is 0 Å². The van der Waals surface area contributed by atoms with Crippen LogP contribution in [0.2, 0.25) is 5.02 Å². The van der Waals surface area contributed by atoms with E-state index in [1.165, 1.54) is 24.4 Å². The van der Waals surface area contributed by atoms with E-state index < -0.39 is 5.91 Å². The van der Waals surface area contributed by atoms with E-state index in [-0.39, 0.29) is 16.9 Å². The van der Waals surface area contributed by atoms with Gasteiger partial charge in [0.2, 0.25) is 0 Å². The van der Waals surface area contributed by atoms with Gasteiger partial charge in [0, 0.05) is 27.7 Å². The number of halogens is 1. The Morgan fingerprint density at radius 1 is 1.18 bits per heavy atom. The number of phenols is 1. The van der Waals surface area contributed by atoms with Gasteiger partial charge in [-0.1, -0.05) is 35.9 Å².